The summed E-state index contributed by atoms with van der Waals surface area (Å²) in [4.78, 5) is 0. The standard InChI is InChI=1S/C4H7N3O/c5-3-1-2-4(6)7(3)8/h1-2,8H,5-6H2. The van der Waals surface area contributed by atoms with E-state index in [1.54, 1.807) is 0 Å². The highest BCUT2D eigenvalue weighted by atomic mass is 16.5. The molecule has 4 heteroatoms. The zero-order valence-electron chi connectivity index (χ0n) is 4.20. The number of anilines is 2. The Labute approximate surface area is 46.3 Å². The fourth-order valence-corrected chi connectivity index (χ4v) is 0.461. The van der Waals surface area contributed by atoms with Crippen molar-refractivity contribution in [3.8, 4) is 0 Å². The third-order valence-corrected chi connectivity index (χ3v) is 0.914. The largest absolute Gasteiger partial charge is 0.425 e. The van der Waals surface area contributed by atoms with Crippen LogP contribution < -0.4 is 11.5 Å². The van der Waals surface area contributed by atoms with E-state index in [-0.39, 0.29) is 11.6 Å². The molecule has 0 bridgehead atoms. The molecule has 5 N–H and O–H groups in total. The van der Waals surface area contributed by atoms with Crippen LogP contribution in [0.15, 0.2) is 12.1 Å². The van der Waals surface area contributed by atoms with E-state index in [0.29, 0.717) is 0 Å². The zero-order chi connectivity index (χ0) is 6.15. The van der Waals surface area contributed by atoms with Gasteiger partial charge in [-0.1, -0.05) is 0 Å². The van der Waals surface area contributed by atoms with Crippen LogP contribution in [0.5, 0.6) is 0 Å². The maximum absolute atomic E-state index is 8.71. The SMILES string of the molecule is Nc1ccc(N)n1O. The molecule has 8 heavy (non-hydrogen) atoms. The van der Waals surface area contributed by atoms with Gasteiger partial charge in [0.1, 0.15) is 11.6 Å². The van der Waals surface area contributed by atoms with Crippen molar-refractivity contribution in [2.45, 2.75) is 0 Å². The van der Waals surface area contributed by atoms with E-state index in [0.717, 1.165) is 4.73 Å². The Hall–Kier alpha value is -1.32. The molecule has 0 saturated carbocycles. The molecule has 0 aliphatic heterocycles. The summed E-state index contributed by atoms with van der Waals surface area (Å²) < 4.78 is 0.722. The topological polar surface area (TPSA) is 77.2 Å². The van der Waals surface area contributed by atoms with Crippen molar-refractivity contribution < 1.29 is 5.21 Å². The summed E-state index contributed by atoms with van der Waals surface area (Å²) in [6.07, 6.45) is 0. The van der Waals surface area contributed by atoms with Crippen LogP contribution >= 0.6 is 0 Å². The van der Waals surface area contributed by atoms with E-state index in [9.17, 15) is 0 Å². The van der Waals surface area contributed by atoms with Crippen LogP contribution in [-0.2, 0) is 0 Å². The van der Waals surface area contributed by atoms with Crippen molar-refractivity contribution in [3.63, 3.8) is 0 Å². The molecule has 1 aromatic rings. The maximum atomic E-state index is 8.71. The van der Waals surface area contributed by atoms with Crippen molar-refractivity contribution in [3.05, 3.63) is 12.1 Å². The highest BCUT2D eigenvalue weighted by Gasteiger charge is 1.95. The lowest BCUT2D eigenvalue weighted by atomic mass is 10.6. The van der Waals surface area contributed by atoms with Gasteiger partial charge in [0, 0.05) is 0 Å². The van der Waals surface area contributed by atoms with Gasteiger partial charge >= 0.3 is 0 Å². The Morgan fingerprint density at radius 2 is 1.62 bits per heavy atom. The molecule has 1 aromatic heterocycles. The third kappa shape index (κ3) is 0.465. The van der Waals surface area contributed by atoms with Crippen molar-refractivity contribution in [1.29, 1.82) is 0 Å². The van der Waals surface area contributed by atoms with Crippen LogP contribution in [-0.4, -0.2) is 9.94 Å². The summed E-state index contributed by atoms with van der Waals surface area (Å²) in [6.45, 7) is 0. The predicted octanol–water partition coefficient (Wildman–Crippen LogP) is -0.110. The Kier molecular flexibility index (Phi) is 0.802. The Bertz CT molecular complexity index is 174. The normalized spacial score (nSPS) is 9.50. The first kappa shape index (κ1) is 4.83. The summed E-state index contributed by atoms with van der Waals surface area (Å²) in [6, 6.07) is 3.05. The molecule has 0 aliphatic rings. The fourth-order valence-electron chi connectivity index (χ4n) is 0.461. The van der Waals surface area contributed by atoms with Crippen LogP contribution in [0.4, 0.5) is 11.6 Å². The number of hydrogen-bond donors (Lipinski definition) is 3. The van der Waals surface area contributed by atoms with E-state index in [2.05, 4.69) is 0 Å². The third-order valence-electron chi connectivity index (χ3n) is 0.914. The number of aromatic nitrogens is 1. The second-order valence-corrected chi connectivity index (χ2v) is 1.49. The van der Waals surface area contributed by atoms with Crippen LogP contribution in [0.3, 0.4) is 0 Å². The van der Waals surface area contributed by atoms with E-state index in [1.807, 2.05) is 0 Å². The maximum Gasteiger partial charge on any atom is 0.142 e. The van der Waals surface area contributed by atoms with Gasteiger partial charge in [0.05, 0.1) is 0 Å². The first-order valence-corrected chi connectivity index (χ1v) is 2.14. The Morgan fingerprint density at radius 3 is 1.75 bits per heavy atom. The molecule has 1 heterocycles. The summed E-state index contributed by atoms with van der Waals surface area (Å²) in [5.74, 6) is 0.505. The number of nitrogens with two attached hydrogens (primary N) is 2. The van der Waals surface area contributed by atoms with E-state index in [1.165, 1.54) is 12.1 Å². The van der Waals surface area contributed by atoms with Gasteiger partial charge in [-0.2, -0.15) is 4.73 Å². The second-order valence-electron chi connectivity index (χ2n) is 1.49. The number of nitrogen functional groups attached to an aromatic ring is 2. The molecule has 0 spiro atoms. The molecular formula is C4H7N3O. The van der Waals surface area contributed by atoms with Gasteiger partial charge in [-0.15, -0.1) is 0 Å². The van der Waals surface area contributed by atoms with Gasteiger partial charge in [-0.3, -0.25) is 0 Å². The molecule has 0 radical (unpaired) electrons. The first-order chi connectivity index (χ1) is 3.72. The summed E-state index contributed by atoms with van der Waals surface area (Å²) in [5, 5.41) is 8.71. The minimum atomic E-state index is 0.252. The van der Waals surface area contributed by atoms with Gasteiger partial charge in [0.25, 0.3) is 0 Å². The number of rotatable bonds is 0. The van der Waals surface area contributed by atoms with Crippen LogP contribution in [0, 0.1) is 0 Å². The molecule has 0 fully saturated rings. The summed E-state index contributed by atoms with van der Waals surface area (Å²) in [5.41, 5.74) is 10.3. The molecule has 0 aliphatic carbocycles. The zero-order valence-corrected chi connectivity index (χ0v) is 4.20. The van der Waals surface area contributed by atoms with Gasteiger partial charge < -0.3 is 16.7 Å². The number of hydrogen-bond acceptors (Lipinski definition) is 3. The van der Waals surface area contributed by atoms with Crippen molar-refractivity contribution in [2.24, 2.45) is 0 Å². The molecule has 0 unspecified atom stereocenters. The monoisotopic (exact) mass is 113 g/mol. The predicted molar refractivity (Wildman–Crippen MR) is 30.4 cm³/mol. The highest BCUT2D eigenvalue weighted by molar-refractivity contribution is 5.43. The molecule has 44 valence electrons. The smallest absolute Gasteiger partial charge is 0.142 e. The van der Waals surface area contributed by atoms with Gasteiger partial charge in [-0.05, 0) is 12.1 Å². The lowest BCUT2D eigenvalue weighted by molar-refractivity contribution is 0.200. The van der Waals surface area contributed by atoms with E-state index < -0.39 is 0 Å². The summed E-state index contributed by atoms with van der Waals surface area (Å²) >= 11 is 0. The molecular weight excluding hydrogens is 106 g/mol. The quantitative estimate of drug-likeness (QED) is 0.411. The number of nitrogens with zero attached hydrogens (tertiary/aromatic N) is 1. The van der Waals surface area contributed by atoms with Crippen LogP contribution in [0.2, 0.25) is 0 Å². The lowest BCUT2D eigenvalue weighted by Crippen LogP contribution is -2.00. The fraction of sp³-hybridized carbons (Fsp3) is 0. The van der Waals surface area contributed by atoms with Crippen molar-refractivity contribution >= 4 is 11.6 Å². The highest BCUT2D eigenvalue weighted by Crippen LogP contribution is 2.07. The first-order valence-electron chi connectivity index (χ1n) is 2.14. The van der Waals surface area contributed by atoms with E-state index in [4.69, 9.17) is 16.7 Å². The van der Waals surface area contributed by atoms with Crippen LogP contribution in [0.25, 0.3) is 0 Å². The van der Waals surface area contributed by atoms with E-state index >= 15 is 0 Å². The molecule has 0 atom stereocenters. The summed E-state index contributed by atoms with van der Waals surface area (Å²) in [7, 11) is 0. The molecule has 0 aromatic carbocycles. The lowest BCUT2D eigenvalue weighted by Gasteiger charge is -1.94. The Morgan fingerprint density at radius 1 is 1.25 bits per heavy atom. The van der Waals surface area contributed by atoms with Gasteiger partial charge in [0.15, 0.2) is 0 Å². The molecule has 1 rings (SSSR count). The second kappa shape index (κ2) is 1.33. The average Bonchev–Trinajstić information content (AvgIpc) is 1.98. The molecule has 4 nitrogen and oxygen atoms in total. The minimum Gasteiger partial charge on any atom is -0.425 e. The molecule has 0 saturated heterocycles. The van der Waals surface area contributed by atoms with Crippen molar-refractivity contribution in [2.75, 3.05) is 11.5 Å². The van der Waals surface area contributed by atoms with Crippen LogP contribution in [0.1, 0.15) is 0 Å². The van der Waals surface area contributed by atoms with Crippen molar-refractivity contribution in [1.82, 2.24) is 4.73 Å². The average molecular weight is 113 g/mol. The minimum absolute atomic E-state index is 0.252. The Balaban J connectivity index is 3.19. The molecule has 0 amide bonds. The van der Waals surface area contributed by atoms with Gasteiger partial charge in [0.2, 0.25) is 0 Å². The van der Waals surface area contributed by atoms with Gasteiger partial charge in [-0.25, -0.2) is 0 Å².